The van der Waals surface area contributed by atoms with Crippen LogP contribution in [-0.4, -0.2) is 16.1 Å². The number of nitrogens with zero attached hydrogens (tertiary/aromatic N) is 1. The standard InChI is InChI=1S/C6H4Cl2N2O2/c7-4-1-5(8)9-2-3(4)6(11)10-12/h1-2,12H,(H,10,11). The maximum atomic E-state index is 10.8. The third kappa shape index (κ3) is 1.85. The first-order valence-corrected chi connectivity index (χ1v) is 3.66. The Balaban J connectivity index is 3.09. The second-order valence-corrected chi connectivity index (χ2v) is 2.72. The van der Waals surface area contributed by atoms with Crippen molar-refractivity contribution in [3.63, 3.8) is 0 Å². The molecular formula is C6H4Cl2N2O2. The van der Waals surface area contributed by atoms with Gasteiger partial charge in [0.1, 0.15) is 5.15 Å². The van der Waals surface area contributed by atoms with Gasteiger partial charge >= 0.3 is 0 Å². The number of hydroxylamine groups is 1. The zero-order chi connectivity index (χ0) is 9.14. The lowest BCUT2D eigenvalue weighted by Gasteiger charge is -2.00. The van der Waals surface area contributed by atoms with E-state index in [2.05, 4.69) is 4.98 Å². The van der Waals surface area contributed by atoms with Crippen LogP contribution in [-0.2, 0) is 0 Å². The van der Waals surface area contributed by atoms with Gasteiger partial charge in [-0.2, -0.15) is 0 Å². The summed E-state index contributed by atoms with van der Waals surface area (Å²) in [5, 5.41) is 8.59. The van der Waals surface area contributed by atoms with Crippen LogP contribution in [0.1, 0.15) is 10.4 Å². The molecule has 1 rings (SSSR count). The molecule has 0 spiro atoms. The molecule has 1 aromatic rings. The van der Waals surface area contributed by atoms with Crippen molar-refractivity contribution >= 4 is 29.1 Å². The molecule has 0 saturated heterocycles. The lowest BCUT2D eigenvalue weighted by Crippen LogP contribution is -2.19. The zero-order valence-corrected chi connectivity index (χ0v) is 7.23. The van der Waals surface area contributed by atoms with E-state index in [1.54, 1.807) is 0 Å². The normalized spacial score (nSPS) is 9.58. The van der Waals surface area contributed by atoms with Crippen molar-refractivity contribution < 1.29 is 10.0 Å². The number of hydrogen-bond donors (Lipinski definition) is 2. The summed E-state index contributed by atoms with van der Waals surface area (Å²) in [5.41, 5.74) is 1.51. The van der Waals surface area contributed by atoms with Crippen LogP contribution in [0.3, 0.4) is 0 Å². The first-order valence-electron chi connectivity index (χ1n) is 2.90. The zero-order valence-electron chi connectivity index (χ0n) is 5.71. The topological polar surface area (TPSA) is 62.2 Å². The first kappa shape index (κ1) is 9.25. The van der Waals surface area contributed by atoms with Gasteiger partial charge in [-0.05, 0) is 6.07 Å². The molecule has 64 valence electrons. The Morgan fingerprint density at radius 1 is 1.58 bits per heavy atom. The largest absolute Gasteiger partial charge is 0.288 e. The van der Waals surface area contributed by atoms with Gasteiger partial charge in [0.25, 0.3) is 5.91 Å². The monoisotopic (exact) mass is 206 g/mol. The van der Waals surface area contributed by atoms with Gasteiger partial charge in [-0.15, -0.1) is 0 Å². The van der Waals surface area contributed by atoms with Crippen molar-refractivity contribution in [1.82, 2.24) is 10.5 Å². The third-order valence-electron chi connectivity index (χ3n) is 1.17. The van der Waals surface area contributed by atoms with E-state index in [0.717, 1.165) is 0 Å². The lowest BCUT2D eigenvalue weighted by atomic mass is 10.3. The summed E-state index contributed by atoms with van der Waals surface area (Å²) in [5.74, 6) is -0.718. The molecule has 0 aliphatic rings. The average molecular weight is 207 g/mol. The van der Waals surface area contributed by atoms with E-state index in [1.165, 1.54) is 17.7 Å². The van der Waals surface area contributed by atoms with Crippen LogP contribution in [0.4, 0.5) is 0 Å². The molecule has 0 aliphatic heterocycles. The van der Waals surface area contributed by atoms with Gasteiger partial charge in [0.05, 0.1) is 10.6 Å². The van der Waals surface area contributed by atoms with E-state index >= 15 is 0 Å². The van der Waals surface area contributed by atoms with E-state index < -0.39 is 5.91 Å². The molecule has 1 amide bonds. The van der Waals surface area contributed by atoms with Crippen LogP contribution < -0.4 is 5.48 Å². The molecule has 0 aromatic carbocycles. The van der Waals surface area contributed by atoms with E-state index in [-0.39, 0.29) is 15.7 Å². The summed E-state index contributed by atoms with van der Waals surface area (Å²) >= 11 is 11.1. The van der Waals surface area contributed by atoms with Crippen LogP contribution in [0.15, 0.2) is 12.3 Å². The lowest BCUT2D eigenvalue weighted by molar-refractivity contribution is 0.0706. The molecule has 0 bridgehead atoms. The summed E-state index contributed by atoms with van der Waals surface area (Å²) < 4.78 is 0. The molecule has 12 heavy (non-hydrogen) atoms. The molecule has 0 radical (unpaired) electrons. The maximum Gasteiger partial charge on any atom is 0.277 e. The van der Waals surface area contributed by atoms with Crippen molar-refractivity contribution in [1.29, 1.82) is 0 Å². The van der Waals surface area contributed by atoms with E-state index in [0.29, 0.717) is 0 Å². The number of amides is 1. The first-order chi connectivity index (χ1) is 5.65. The van der Waals surface area contributed by atoms with Gasteiger partial charge < -0.3 is 0 Å². The minimum Gasteiger partial charge on any atom is -0.288 e. The van der Waals surface area contributed by atoms with Crippen molar-refractivity contribution in [2.45, 2.75) is 0 Å². The molecule has 1 aromatic heterocycles. The van der Waals surface area contributed by atoms with Crippen molar-refractivity contribution in [3.05, 3.63) is 28.0 Å². The molecule has 0 atom stereocenters. The van der Waals surface area contributed by atoms with Gasteiger partial charge in [-0.3, -0.25) is 10.0 Å². The van der Waals surface area contributed by atoms with E-state index in [4.69, 9.17) is 28.4 Å². The average Bonchev–Trinajstić information content (AvgIpc) is 2.03. The molecule has 2 N–H and O–H groups in total. The van der Waals surface area contributed by atoms with Gasteiger partial charge in [0.15, 0.2) is 0 Å². The van der Waals surface area contributed by atoms with Crippen LogP contribution >= 0.6 is 23.2 Å². The van der Waals surface area contributed by atoms with Crippen LogP contribution in [0.2, 0.25) is 10.2 Å². The van der Waals surface area contributed by atoms with Crippen LogP contribution in [0, 0.1) is 0 Å². The maximum absolute atomic E-state index is 10.8. The number of hydrogen-bond acceptors (Lipinski definition) is 3. The third-order valence-corrected chi connectivity index (χ3v) is 1.69. The Labute approximate surface area is 78.1 Å². The van der Waals surface area contributed by atoms with E-state index in [1.807, 2.05) is 0 Å². The minimum absolute atomic E-state index is 0.0727. The second kappa shape index (κ2) is 3.71. The fraction of sp³-hybridized carbons (Fsp3) is 0. The predicted molar refractivity (Wildman–Crippen MR) is 43.5 cm³/mol. The molecule has 1 heterocycles. The van der Waals surface area contributed by atoms with Crippen molar-refractivity contribution in [3.8, 4) is 0 Å². The molecule has 0 saturated carbocycles. The highest BCUT2D eigenvalue weighted by Crippen LogP contribution is 2.17. The highest BCUT2D eigenvalue weighted by atomic mass is 35.5. The molecular weight excluding hydrogens is 203 g/mol. The SMILES string of the molecule is O=C(NO)c1cnc(Cl)cc1Cl. The van der Waals surface area contributed by atoms with Crippen molar-refractivity contribution in [2.24, 2.45) is 0 Å². The number of pyridine rings is 1. The number of halogens is 2. The van der Waals surface area contributed by atoms with Crippen LogP contribution in [0.5, 0.6) is 0 Å². The van der Waals surface area contributed by atoms with Crippen LogP contribution in [0.25, 0.3) is 0 Å². The number of carbonyl (C=O) groups is 1. The number of rotatable bonds is 1. The molecule has 4 nitrogen and oxygen atoms in total. The molecule has 0 unspecified atom stereocenters. The van der Waals surface area contributed by atoms with Gasteiger partial charge in [0, 0.05) is 6.20 Å². The molecule has 0 aliphatic carbocycles. The van der Waals surface area contributed by atoms with E-state index in [9.17, 15) is 4.79 Å². The minimum atomic E-state index is -0.718. The van der Waals surface area contributed by atoms with Gasteiger partial charge in [-0.25, -0.2) is 10.5 Å². The number of aromatic nitrogens is 1. The number of nitrogens with one attached hydrogen (secondary N) is 1. The predicted octanol–water partition coefficient (Wildman–Crippen LogP) is 1.51. The second-order valence-electron chi connectivity index (χ2n) is 1.93. The Kier molecular flexibility index (Phi) is 2.86. The summed E-state index contributed by atoms with van der Waals surface area (Å²) in [6.45, 7) is 0. The Morgan fingerprint density at radius 3 is 2.75 bits per heavy atom. The number of carbonyl (C=O) groups excluding carboxylic acids is 1. The highest BCUT2D eigenvalue weighted by Gasteiger charge is 2.09. The Morgan fingerprint density at radius 2 is 2.25 bits per heavy atom. The smallest absolute Gasteiger partial charge is 0.277 e. The molecule has 0 fully saturated rings. The fourth-order valence-electron chi connectivity index (χ4n) is 0.635. The summed E-state index contributed by atoms with van der Waals surface area (Å²) in [6.07, 6.45) is 1.18. The summed E-state index contributed by atoms with van der Waals surface area (Å²) in [7, 11) is 0. The highest BCUT2D eigenvalue weighted by molar-refractivity contribution is 6.36. The Hall–Kier alpha value is -0.840. The summed E-state index contributed by atoms with van der Waals surface area (Å²) in [6, 6.07) is 1.31. The summed E-state index contributed by atoms with van der Waals surface area (Å²) in [4.78, 5) is 14.4. The molecule has 6 heteroatoms. The fourth-order valence-corrected chi connectivity index (χ4v) is 1.09. The van der Waals surface area contributed by atoms with Crippen molar-refractivity contribution in [2.75, 3.05) is 0 Å². The van der Waals surface area contributed by atoms with Gasteiger partial charge in [0.2, 0.25) is 0 Å². The quantitative estimate of drug-likeness (QED) is 0.416. The van der Waals surface area contributed by atoms with Gasteiger partial charge in [-0.1, -0.05) is 23.2 Å². The Bertz CT molecular complexity index is 316.